The maximum Gasteiger partial charge on any atom is 0.311 e. The lowest BCUT2D eigenvalue weighted by Crippen LogP contribution is -2.06. The molecule has 0 saturated heterocycles. The van der Waals surface area contributed by atoms with Gasteiger partial charge in [-0.1, -0.05) is 12.1 Å². The number of hydrogen-bond donors (Lipinski definition) is 1. The van der Waals surface area contributed by atoms with Gasteiger partial charge in [-0.25, -0.2) is 9.37 Å². The Labute approximate surface area is 122 Å². The summed E-state index contributed by atoms with van der Waals surface area (Å²) in [6.45, 7) is 5.50. The number of anilines is 1. The molecule has 2 rings (SSSR count). The number of nitrogens with one attached hydrogen (secondary N) is 1. The normalized spacial score (nSPS) is 10.5. The van der Waals surface area contributed by atoms with Crippen molar-refractivity contribution in [2.24, 2.45) is 0 Å². The first-order chi connectivity index (χ1) is 9.88. The van der Waals surface area contributed by atoms with E-state index in [0.29, 0.717) is 23.4 Å². The number of aromatic nitrogens is 1. The fraction of sp³-hybridized carbons (Fsp3) is 0.267. The fourth-order valence-corrected chi connectivity index (χ4v) is 2.15. The van der Waals surface area contributed by atoms with Crippen LogP contribution in [0.4, 0.5) is 15.9 Å². The number of nitrogens with zero attached hydrogens (tertiary/aromatic N) is 2. The second-order valence-electron chi connectivity index (χ2n) is 4.97. The van der Waals surface area contributed by atoms with E-state index in [1.807, 2.05) is 0 Å². The van der Waals surface area contributed by atoms with Crippen molar-refractivity contribution < 1.29 is 9.31 Å². The minimum Gasteiger partial charge on any atom is -0.360 e. The molecule has 0 bridgehead atoms. The van der Waals surface area contributed by atoms with Gasteiger partial charge in [0.15, 0.2) is 0 Å². The van der Waals surface area contributed by atoms with Gasteiger partial charge in [-0.2, -0.15) is 0 Å². The first-order valence-corrected chi connectivity index (χ1v) is 6.50. The van der Waals surface area contributed by atoms with E-state index in [1.54, 1.807) is 39.0 Å². The van der Waals surface area contributed by atoms with Gasteiger partial charge in [0.05, 0.1) is 4.92 Å². The van der Waals surface area contributed by atoms with Gasteiger partial charge in [-0.15, -0.1) is 0 Å². The predicted molar refractivity (Wildman–Crippen MR) is 78.8 cm³/mol. The van der Waals surface area contributed by atoms with Crippen LogP contribution in [0.25, 0.3) is 0 Å². The van der Waals surface area contributed by atoms with Crippen molar-refractivity contribution in [1.29, 1.82) is 0 Å². The van der Waals surface area contributed by atoms with E-state index >= 15 is 0 Å². The summed E-state index contributed by atoms with van der Waals surface area (Å²) in [5, 5.41) is 13.9. The lowest BCUT2D eigenvalue weighted by molar-refractivity contribution is -0.384. The molecule has 0 aliphatic rings. The number of pyridine rings is 1. The molecule has 1 heterocycles. The van der Waals surface area contributed by atoms with Gasteiger partial charge in [0.2, 0.25) is 5.82 Å². The Balaban J connectivity index is 2.24. The Morgan fingerprint density at radius 1 is 1.24 bits per heavy atom. The summed E-state index contributed by atoms with van der Waals surface area (Å²) >= 11 is 0. The molecule has 5 nitrogen and oxygen atoms in total. The number of rotatable bonds is 4. The molecule has 110 valence electrons. The topological polar surface area (TPSA) is 68.1 Å². The Morgan fingerprint density at radius 2 is 1.86 bits per heavy atom. The van der Waals surface area contributed by atoms with E-state index in [9.17, 15) is 14.5 Å². The van der Waals surface area contributed by atoms with E-state index in [0.717, 1.165) is 5.56 Å². The number of halogens is 1. The standard InChI is InChI=1S/C15H16FN3O2/c1-9-6-12(7-10(2)14(9)16)8-17-15-13(19(20)21)5-4-11(3)18-15/h4-7H,8H2,1-3H3,(H,17,18). The second kappa shape index (κ2) is 5.87. The summed E-state index contributed by atoms with van der Waals surface area (Å²) < 4.78 is 13.6. The number of nitro groups is 1. The molecule has 0 aliphatic carbocycles. The minimum absolute atomic E-state index is 0.0730. The third-order valence-electron chi connectivity index (χ3n) is 3.17. The molecule has 0 amide bonds. The number of aryl methyl sites for hydroxylation is 3. The molecular weight excluding hydrogens is 273 g/mol. The molecule has 0 fully saturated rings. The van der Waals surface area contributed by atoms with Gasteiger partial charge in [0.1, 0.15) is 5.82 Å². The quantitative estimate of drug-likeness (QED) is 0.689. The zero-order valence-electron chi connectivity index (χ0n) is 12.1. The van der Waals surface area contributed by atoms with Gasteiger partial charge in [0.25, 0.3) is 0 Å². The summed E-state index contributed by atoms with van der Waals surface area (Å²) in [4.78, 5) is 14.6. The zero-order chi connectivity index (χ0) is 15.6. The molecule has 6 heteroatoms. The van der Waals surface area contributed by atoms with E-state index < -0.39 is 4.92 Å². The summed E-state index contributed by atoms with van der Waals surface area (Å²) in [7, 11) is 0. The largest absolute Gasteiger partial charge is 0.360 e. The summed E-state index contributed by atoms with van der Waals surface area (Å²) in [5.74, 6) is -0.00181. The predicted octanol–water partition coefficient (Wildman–Crippen LogP) is 3.67. The van der Waals surface area contributed by atoms with Crippen molar-refractivity contribution in [2.75, 3.05) is 5.32 Å². The molecule has 1 aromatic heterocycles. The lowest BCUT2D eigenvalue weighted by Gasteiger charge is -2.09. The lowest BCUT2D eigenvalue weighted by atomic mass is 10.1. The molecule has 2 aromatic rings. The average molecular weight is 289 g/mol. The van der Waals surface area contributed by atoms with E-state index in [2.05, 4.69) is 10.3 Å². The highest BCUT2D eigenvalue weighted by molar-refractivity contribution is 5.56. The maximum absolute atomic E-state index is 13.6. The molecule has 0 atom stereocenters. The molecule has 21 heavy (non-hydrogen) atoms. The third kappa shape index (κ3) is 3.34. The summed E-state index contributed by atoms with van der Waals surface area (Å²) in [6, 6.07) is 6.45. The van der Waals surface area contributed by atoms with Gasteiger partial charge in [-0.05, 0) is 43.5 Å². The number of hydrogen-bond acceptors (Lipinski definition) is 4. The Kier molecular flexibility index (Phi) is 4.16. The second-order valence-corrected chi connectivity index (χ2v) is 4.97. The van der Waals surface area contributed by atoms with Crippen molar-refractivity contribution in [3.8, 4) is 0 Å². The highest BCUT2D eigenvalue weighted by Crippen LogP contribution is 2.23. The smallest absolute Gasteiger partial charge is 0.311 e. The van der Waals surface area contributed by atoms with Crippen molar-refractivity contribution in [2.45, 2.75) is 27.3 Å². The van der Waals surface area contributed by atoms with Gasteiger partial charge in [-0.3, -0.25) is 10.1 Å². The van der Waals surface area contributed by atoms with Crippen molar-refractivity contribution >= 4 is 11.5 Å². The monoisotopic (exact) mass is 289 g/mol. The molecule has 0 spiro atoms. The van der Waals surface area contributed by atoms with Crippen LogP contribution in [-0.4, -0.2) is 9.91 Å². The highest BCUT2D eigenvalue weighted by atomic mass is 19.1. The molecule has 0 unspecified atom stereocenters. The van der Waals surface area contributed by atoms with Gasteiger partial charge < -0.3 is 5.32 Å². The molecule has 0 aliphatic heterocycles. The molecule has 1 aromatic carbocycles. The van der Waals surface area contributed by atoms with Gasteiger partial charge in [0, 0.05) is 18.3 Å². The average Bonchev–Trinajstić information content (AvgIpc) is 2.42. The Bertz CT molecular complexity index is 678. The first kappa shape index (κ1) is 14.9. The van der Waals surface area contributed by atoms with Crippen LogP contribution in [0.1, 0.15) is 22.4 Å². The molecule has 0 saturated carbocycles. The van der Waals surface area contributed by atoms with Crippen LogP contribution < -0.4 is 5.32 Å². The van der Waals surface area contributed by atoms with Crippen LogP contribution in [0.5, 0.6) is 0 Å². The minimum atomic E-state index is -0.476. The molecule has 1 N–H and O–H groups in total. The molecular formula is C15H16FN3O2. The van der Waals surface area contributed by atoms with Crippen molar-refractivity contribution in [1.82, 2.24) is 4.98 Å². The fourth-order valence-electron chi connectivity index (χ4n) is 2.15. The van der Waals surface area contributed by atoms with Gasteiger partial charge >= 0.3 is 5.69 Å². The van der Waals surface area contributed by atoms with Crippen LogP contribution in [0.2, 0.25) is 0 Å². The van der Waals surface area contributed by atoms with Crippen LogP contribution >= 0.6 is 0 Å². The number of benzene rings is 1. The van der Waals surface area contributed by atoms with Crippen LogP contribution in [0, 0.1) is 36.7 Å². The van der Waals surface area contributed by atoms with Crippen LogP contribution in [0.15, 0.2) is 24.3 Å². The van der Waals surface area contributed by atoms with Crippen molar-refractivity contribution in [3.05, 3.63) is 62.6 Å². The van der Waals surface area contributed by atoms with E-state index in [4.69, 9.17) is 0 Å². The molecule has 0 radical (unpaired) electrons. The summed E-state index contributed by atoms with van der Waals surface area (Å²) in [5.41, 5.74) is 2.58. The Hall–Kier alpha value is -2.50. The van der Waals surface area contributed by atoms with E-state index in [-0.39, 0.29) is 17.3 Å². The van der Waals surface area contributed by atoms with Crippen LogP contribution in [0.3, 0.4) is 0 Å². The van der Waals surface area contributed by atoms with E-state index in [1.165, 1.54) is 6.07 Å². The SMILES string of the molecule is Cc1ccc([N+](=O)[O-])c(NCc2cc(C)c(F)c(C)c2)n1. The van der Waals surface area contributed by atoms with Crippen LogP contribution in [-0.2, 0) is 6.54 Å². The summed E-state index contributed by atoms with van der Waals surface area (Å²) in [6.07, 6.45) is 0. The van der Waals surface area contributed by atoms with Crippen molar-refractivity contribution in [3.63, 3.8) is 0 Å². The maximum atomic E-state index is 13.6. The zero-order valence-corrected chi connectivity index (χ0v) is 12.1. The first-order valence-electron chi connectivity index (χ1n) is 6.50. The highest BCUT2D eigenvalue weighted by Gasteiger charge is 2.15. The third-order valence-corrected chi connectivity index (χ3v) is 3.17. The Morgan fingerprint density at radius 3 is 2.43 bits per heavy atom.